The lowest BCUT2D eigenvalue weighted by Crippen LogP contribution is -2.17. The maximum Gasteiger partial charge on any atom is 0.325 e. The second-order valence-electron chi connectivity index (χ2n) is 2.72. The summed E-state index contributed by atoms with van der Waals surface area (Å²) in [4.78, 5) is 25.5. The van der Waals surface area contributed by atoms with Crippen LogP contribution in [0.5, 0.6) is 0 Å². The number of ether oxygens (including phenoxy) is 1. The van der Waals surface area contributed by atoms with Crippen LogP contribution in [0.1, 0.15) is 10.4 Å². The zero-order valence-corrected chi connectivity index (χ0v) is 8.19. The van der Waals surface area contributed by atoms with E-state index in [1.807, 2.05) is 0 Å². The monoisotopic (exact) mass is 209 g/mol. The van der Waals surface area contributed by atoms with Crippen LogP contribution in [0.4, 0.5) is 5.82 Å². The van der Waals surface area contributed by atoms with Gasteiger partial charge >= 0.3 is 5.97 Å². The molecule has 1 amide bonds. The van der Waals surface area contributed by atoms with Gasteiger partial charge in [0.05, 0.1) is 7.11 Å². The van der Waals surface area contributed by atoms with Gasteiger partial charge in [-0.25, -0.2) is 4.98 Å². The Morgan fingerprint density at radius 3 is 2.93 bits per heavy atom. The SMILES string of the molecule is COC(=O)CNc1cc(C(N)=O)ccn1. The van der Waals surface area contributed by atoms with Gasteiger partial charge < -0.3 is 15.8 Å². The first-order valence-corrected chi connectivity index (χ1v) is 4.20. The van der Waals surface area contributed by atoms with E-state index in [0.29, 0.717) is 11.4 Å². The van der Waals surface area contributed by atoms with E-state index in [1.165, 1.54) is 25.4 Å². The lowest BCUT2D eigenvalue weighted by molar-refractivity contribution is -0.138. The summed E-state index contributed by atoms with van der Waals surface area (Å²) < 4.78 is 4.43. The van der Waals surface area contributed by atoms with Crippen molar-refractivity contribution in [3.05, 3.63) is 23.9 Å². The Morgan fingerprint density at radius 1 is 1.60 bits per heavy atom. The normalized spacial score (nSPS) is 9.40. The maximum atomic E-state index is 10.8. The summed E-state index contributed by atoms with van der Waals surface area (Å²) in [5.74, 6) is -0.559. The third-order valence-electron chi connectivity index (χ3n) is 1.69. The van der Waals surface area contributed by atoms with E-state index in [9.17, 15) is 9.59 Å². The van der Waals surface area contributed by atoms with Gasteiger partial charge in [-0.3, -0.25) is 9.59 Å². The largest absolute Gasteiger partial charge is 0.468 e. The van der Waals surface area contributed by atoms with E-state index in [0.717, 1.165) is 0 Å². The quantitative estimate of drug-likeness (QED) is 0.668. The summed E-state index contributed by atoms with van der Waals surface area (Å²) in [6, 6.07) is 2.96. The number of carbonyl (C=O) groups is 2. The number of nitrogens with zero attached hydrogens (tertiary/aromatic N) is 1. The molecule has 0 aliphatic heterocycles. The number of aromatic nitrogens is 1. The Bertz CT molecular complexity index is 379. The van der Waals surface area contributed by atoms with Crippen molar-refractivity contribution in [3.63, 3.8) is 0 Å². The summed E-state index contributed by atoms with van der Waals surface area (Å²) in [7, 11) is 1.29. The number of methoxy groups -OCH3 is 1. The minimum absolute atomic E-state index is 0.00822. The van der Waals surface area contributed by atoms with E-state index < -0.39 is 11.9 Å². The standard InChI is InChI=1S/C9H11N3O3/c1-15-8(13)5-12-7-4-6(9(10)14)2-3-11-7/h2-4H,5H2,1H3,(H2,10,14)(H,11,12). The molecule has 0 aliphatic rings. The van der Waals surface area contributed by atoms with Gasteiger partial charge in [-0.05, 0) is 12.1 Å². The van der Waals surface area contributed by atoms with E-state index in [4.69, 9.17) is 5.73 Å². The third-order valence-corrected chi connectivity index (χ3v) is 1.69. The molecule has 1 aromatic rings. The maximum absolute atomic E-state index is 10.8. The second-order valence-corrected chi connectivity index (χ2v) is 2.72. The summed E-state index contributed by atoms with van der Waals surface area (Å²) in [5, 5.41) is 2.70. The average Bonchev–Trinajstić information content (AvgIpc) is 2.26. The Hall–Kier alpha value is -2.11. The molecule has 0 atom stereocenters. The summed E-state index contributed by atoms with van der Waals surface area (Å²) >= 11 is 0. The molecule has 0 aromatic carbocycles. The molecular weight excluding hydrogens is 198 g/mol. The lowest BCUT2D eigenvalue weighted by atomic mass is 10.2. The zero-order valence-electron chi connectivity index (χ0n) is 8.19. The molecule has 80 valence electrons. The van der Waals surface area contributed by atoms with Crippen LogP contribution in [0.3, 0.4) is 0 Å². The van der Waals surface area contributed by atoms with Crippen LogP contribution >= 0.6 is 0 Å². The molecular formula is C9H11N3O3. The van der Waals surface area contributed by atoms with Crippen LogP contribution < -0.4 is 11.1 Å². The number of hydrogen-bond acceptors (Lipinski definition) is 5. The molecule has 0 radical (unpaired) electrons. The van der Waals surface area contributed by atoms with Crippen molar-refractivity contribution in [2.75, 3.05) is 19.0 Å². The Balaban J connectivity index is 2.66. The predicted molar refractivity (Wildman–Crippen MR) is 53.3 cm³/mol. The fourth-order valence-corrected chi connectivity index (χ4v) is 0.915. The van der Waals surface area contributed by atoms with E-state index in [-0.39, 0.29) is 6.54 Å². The minimum Gasteiger partial charge on any atom is -0.468 e. The molecule has 0 bridgehead atoms. The van der Waals surface area contributed by atoms with Gasteiger partial charge in [-0.2, -0.15) is 0 Å². The number of anilines is 1. The number of carbonyl (C=O) groups excluding carboxylic acids is 2. The van der Waals surface area contributed by atoms with E-state index in [1.54, 1.807) is 0 Å². The molecule has 6 nitrogen and oxygen atoms in total. The molecule has 0 unspecified atom stereocenters. The molecule has 0 fully saturated rings. The Kier molecular flexibility index (Phi) is 3.61. The van der Waals surface area contributed by atoms with Crippen molar-refractivity contribution in [2.24, 2.45) is 5.73 Å². The highest BCUT2D eigenvalue weighted by atomic mass is 16.5. The van der Waals surface area contributed by atoms with Crippen LogP contribution in [0.25, 0.3) is 0 Å². The van der Waals surface area contributed by atoms with Gasteiger partial charge in [0.2, 0.25) is 5.91 Å². The highest BCUT2D eigenvalue weighted by Gasteiger charge is 2.04. The molecule has 0 saturated carbocycles. The van der Waals surface area contributed by atoms with Crippen molar-refractivity contribution < 1.29 is 14.3 Å². The number of nitrogens with two attached hydrogens (primary N) is 1. The van der Waals surface area contributed by atoms with Gasteiger partial charge in [-0.1, -0.05) is 0 Å². The molecule has 1 rings (SSSR count). The lowest BCUT2D eigenvalue weighted by Gasteiger charge is -2.04. The van der Waals surface area contributed by atoms with E-state index >= 15 is 0 Å². The van der Waals surface area contributed by atoms with Crippen LogP contribution in [-0.4, -0.2) is 30.5 Å². The Labute approximate surface area is 86.4 Å². The van der Waals surface area contributed by atoms with Gasteiger partial charge in [0, 0.05) is 11.8 Å². The van der Waals surface area contributed by atoms with Crippen LogP contribution in [-0.2, 0) is 9.53 Å². The smallest absolute Gasteiger partial charge is 0.325 e. The first kappa shape index (κ1) is 11.0. The predicted octanol–water partition coefficient (Wildman–Crippen LogP) is -0.235. The third kappa shape index (κ3) is 3.26. The molecule has 0 aliphatic carbocycles. The fourth-order valence-electron chi connectivity index (χ4n) is 0.915. The number of esters is 1. The number of amides is 1. The number of rotatable bonds is 4. The van der Waals surface area contributed by atoms with Crippen molar-refractivity contribution in [2.45, 2.75) is 0 Å². The van der Waals surface area contributed by atoms with Crippen molar-refractivity contribution >= 4 is 17.7 Å². The van der Waals surface area contributed by atoms with Crippen LogP contribution in [0, 0.1) is 0 Å². The first-order valence-electron chi connectivity index (χ1n) is 4.20. The van der Waals surface area contributed by atoms with Crippen LogP contribution in [0.2, 0.25) is 0 Å². The minimum atomic E-state index is -0.543. The first-order chi connectivity index (χ1) is 7.13. The van der Waals surface area contributed by atoms with Crippen molar-refractivity contribution in [1.29, 1.82) is 0 Å². The van der Waals surface area contributed by atoms with Crippen molar-refractivity contribution in [1.82, 2.24) is 4.98 Å². The second kappa shape index (κ2) is 4.94. The summed E-state index contributed by atoms with van der Waals surface area (Å²) in [6.07, 6.45) is 1.43. The van der Waals surface area contributed by atoms with E-state index in [2.05, 4.69) is 15.0 Å². The highest BCUT2D eigenvalue weighted by Crippen LogP contribution is 2.05. The summed E-state index contributed by atoms with van der Waals surface area (Å²) in [6.45, 7) is -0.00822. The van der Waals surface area contributed by atoms with Crippen LogP contribution in [0.15, 0.2) is 18.3 Å². The number of primary amides is 1. The molecule has 3 N–H and O–H groups in total. The number of hydrogen-bond donors (Lipinski definition) is 2. The molecule has 1 aromatic heterocycles. The Morgan fingerprint density at radius 2 is 2.33 bits per heavy atom. The molecule has 0 saturated heterocycles. The molecule has 1 heterocycles. The topological polar surface area (TPSA) is 94.3 Å². The van der Waals surface area contributed by atoms with Gasteiger partial charge in [0.15, 0.2) is 0 Å². The van der Waals surface area contributed by atoms with Gasteiger partial charge in [0.1, 0.15) is 12.4 Å². The van der Waals surface area contributed by atoms with Gasteiger partial charge in [0.25, 0.3) is 0 Å². The van der Waals surface area contributed by atoms with Gasteiger partial charge in [-0.15, -0.1) is 0 Å². The number of nitrogens with one attached hydrogen (secondary N) is 1. The van der Waals surface area contributed by atoms with Crippen molar-refractivity contribution in [3.8, 4) is 0 Å². The summed E-state index contributed by atoms with van der Waals surface area (Å²) in [5.41, 5.74) is 5.41. The molecule has 15 heavy (non-hydrogen) atoms. The average molecular weight is 209 g/mol. The molecule has 6 heteroatoms. The zero-order chi connectivity index (χ0) is 11.3. The number of pyridine rings is 1. The highest BCUT2D eigenvalue weighted by molar-refractivity contribution is 5.93. The molecule has 0 spiro atoms. The fraction of sp³-hybridized carbons (Fsp3) is 0.222.